The van der Waals surface area contributed by atoms with Crippen LogP contribution in [0.15, 0.2) is 24.3 Å². The van der Waals surface area contributed by atoms with E-state index >= 15 is 0 Å². The summed E-state index contributed by atoms with van der Waals surface area (Å²) in [5.74, 6) is -2.50. The highest BCUT2D eigenvalue weighted by molar-refractivity contribution is 6.30. The van der Waals surface area contributed by atoms with E-state index in [-0.39, 0.29) is 12.2 Å². The number of amides is 1. The van der Waals surface area contributed by atoms with Gasteiger partial charge in [0.2, 0.25) is 0 Å². The summed E-state index contributed by atoms with van der Waals surface area (Å²) < 4.78 is 10.3. The number of carbonyl (C=O) groups excluding carboxylic acids is 2. The molecule has 0 spiro atoms. The maximum atomic E-state index is 12.8. The molecule has 138 valence electrons. The molecule has 0 heterocycles. The number of hydrogen-bond acceptors (Lipinski definition) is 6. The Kier molecular flexibility index (Phi) is 7.00. The molecule has 1 atom stereocenters. The molecule has 7 nitrogen and oxygen atoms in total. The van der Waals surface area contributed by atoms with E-state index in [0.717, 1.165) is 0 Å². The van der Waals surface area contributed by atoms with Crippen LogP contribution in [-0.4, -0.2) is 24.3 Å². The van der Waals surface area contributed by atoms with E-state index in [2.05, 4.69) is 5.32 Å². The number of alkyl carbamates (subject to hydrolysis) is 1. The first-order valence-corrected chi connectivity index (χ1v) is 8.22. The van der Waals surface area contributed by atoms with Gasteiger partial charge in [0.05, 0.1) is 18.7 Å². The molecule has 26 heavy (non-hydrogen) atoms. The molecular formula is C18H20ClN3O4. The van der Waals surface area contributed by atoms with E-state index in [1.165, 1.54) is 24.3 Å². The van der Waals surface area contributed by atoms with Crippen molar-refractivity contribution in [1.82, 2.24) is 5.32 Å². The van der Waals surface area contributed by atoms with Crippen molar-refractivity contribution < 1.29 is 19.1 Å². The van der Waals surface area contributed by atoms with Crippen molar-refractivity contribution in [3.63, 3.8) is 0 Å². The summed E-state index contributed by atoms with van der Waals surface area (Å²) in [6.07, 6.45) is -0.962. The molecular weight excluding hydrogens is 358 g/mol. The molecule has 1 aromatic rings. The van der Waals surface area contributed by atoms with Gasteiger partial charge in [0.25, 0.3) is 0 Å². The molecule has 0 fully saturated rings. The molecule has 0 bridgehead atoms. The zero-order valence-corrected chi connectivity index (χ0v) is 15.8. The normalized spacial score (nSPS) is 13.1. The molecule has 0 aromatic heterocycles. The van der Waals surface area contributed by atoms with Crippen LogP contribution in [0.3, 0.4) is 0 Å². The van der Waals surface area contributed by atoms with Crippen LogP contribution in [-0.2, 0) is 19.8 Å². The van der Waals surface area contributed by atoms with Crippen LogP contribution in [0, 0.1) is 28.6 Å². The molecule has 1 amide bonds. The number of halogens is 1. The SMILES string of the molecule is CCOC(=O)[C@@](NC(=O)OC(C)(C)C)(c1ccc(Cl)cc1)C(C#N)C#N. The maximum absolute atomic E-state index is 12.8. The number of nitrogens with zero attached hydrogens (tertiary/aromatic N) is 2. The second-order valence-electron chi connectivity index (χ2n) is 6.35. The van der Waals surface area contributed by atoms with Gasteiger partial charge in [0.1, 0.15) is 5.60 Å². The molecule has 1 aromatic carbocycles. The Hall–Kier alpha value is -2.77. The predicted octanol–water partition coefficient (Wildman–Crippen LogP) is 3.29. The minimum atomic E-state index is -2.06. The zero-order valence-electron chi connectivity index (χ0n) is 15.0. The van der Waals surface area contributed by atoms with E-state index in [9.17, 15) is 20.1 Å². The predicted molar refractivity (Wildman–Crippen MR) is 93.8 cm³/mol. The number of benzene rings is 1. The highest BCUT2D eigenvalue weighted by atomic mass is 35.5. The first kappa shape index (κ1) is 21.3. The number of nitriles is 2. The summed E-state index contributed by atoms with van der Waals surface area (Å²) >= 11 is 5.88. The Morgan fingerprint density at radius 1 is 1.19 bits per heavy atom. The summed E-state index contributed by atoms with van der Waals surface area (Å²) in [7, 11) is 0. The lowest BCUT2D eigenvalue weighted by atomic mass is 9.79. The van der Waals surface area contributed by atoms with E-state index in [0.29, 0.717) is 5.02 Å². The summed E-state index contributed by atoms with van der Waals surface area (Å²) in [6.45, 7) is 6.51. The standard InChI is InChI=1S/C18H20ClN3O4/c1-5-25-15(23)18(13(10-20)11-21,12-6-8-14(19)9-7-12)22-16(24)26-17(2,3)4/h6-9,13H,5H2,1-4H3,(H,22,24)/t18-/m1/s1. The first-order valence-electron chi connectivity index (χ1n) is 7.84. The van der Waals surface area contributed by atoms with Crippen LogP contribution in [0.4, 0.5) is 4.79 Å². The average Bonchev–Trinajstić information content (AvgIpc) is 2.54. The van der Waals surface area contributed by atoms with Crippen LogP contribution in [0.1, 0.15) is 33.3 Å². The van der Waals surface area contributed by atoms with E-state index in [4.69, 9.17) is 21.1 Å². The van der Waals surface area contributed by atoms with Crippen molar-refractivity contribution in [3.05, 3.63) is 34.9 Å². The first-order chi connectivity index (χ1) is 12.1. The number of carbonyl (C=O) groups is 2. The third kappa shape index (κ3) is 4.87. The van der Waals surface area contributed by atoms with Gasteiger partial charge in [-0.2, -0.15) is 10.5 Å². The molecule has 0 aliphatic rings. The Bertz CT molecular complexity index is 730. The van der Waals surface area contributed by atoms with Gasteiger partial charge in [-0.3, -0.25) is 5.32 Å². The molecule has 0 saturated carbocycles. The van der Waals surface area contributed by atoms with Crippen molar-refractivity contribution in [2.45, 2.75) is 38.8 Å². The van der Waals surface area contributed by atoms with Gasteiger partial charge in [0.15, 0.2) is 11.5 Å². The minimum Gasteiger partial charge on any atom is -0.464 e. The highest BCUT2D eigenvalue weighted by Gasteiger charge is 2.52. The molecule has 0 radical (unpaired) electrons. The fourth-order valence-electron chi connectivity index (χ4n) is 2.24. The molecule has 1 rings (SSSR count). The summed E-state index contributed by atoms with van der Waals surface area (Å²) in [5, 5.41) is 21.7. The monoisotopic (exact) mass is 377 g/mol. The largest absolute Gasteiger partial charge is 0.464 e. The zero-order chi connectivity index (χ0) is 20.0. The Morgan fingerprint density at radius 3 is 2.15 bits per heavy atom. The summed E-state index contributed by atoms with van der Waals surface area (Å²) in [4.78, 5) is 25.2. The fourth-order valence-corrected chi connectivity index (χ4v) is 2.37. The van der Waals surface area contributed by atoms with Crippen LogP contribution in [0.25, 0.3) is 0 Å². The number of esters is 1. The van der Waals surface area contributed by atoms with Crippen molar-refractivity contribution in [3.8, 4) is 12.1 Å². The Balaban J connectivity index is 3.56. The molecule has 0 unspecified atom stereocenters. The van der Waals surface area contributed by atoms with Crippen LogP contribution < -0.4 is 5.32 Å². The van der Waals surface area contributed by atoms with Crippen molar-refractivity contribution >= 4 is 23.7 Å². The Labute approximate surface area is 157 Å². The van der Waals surface area contributed by atoms with Gasteiger partial charge in [-0.25, -0.2) is 9.59 Å². The lowest BCUT2D eigenvalue weighted by Crippen LogP contribution is -2.57. The summed E-state index contributed by atoms with van der Waals surface area (Å²) in [5.41, 5.74) is -2.73. The van der Waals surface area contributed by atoms with Gasteiger partial charge < -0.3 is 9.47 Å². The quantitative estimate of drug-likeness (QED) is 0.788. The Morgan fingerprint density at radius 2 is 1.73 bits per heavy atom. The van der Waals surface area contributed by atoms with Gasteiger partial charge in [-0.1, -0.05) is 23.7 Å². The van der Waals surface area contributed by atoms with Crippen LogP contribution >= 0.6 is 11.6 Å². The number of hydrogen-bond donors (Lipinski definition) is 1. The lowest BCUT2D eigenvalue weighted by molar-refractivity contribution is -0.152. The highest BCUT2D eigenvalue weighted by Crippen LogP contribution is 2.33. The fraction of sp³-hybridized carbons (Fsp3) is 0.444. The third-order valence-electron chi connectivity index (χ3n) is 3.29. The van der Waals surface area contributed by atoms with E-state index in [1.807, 2.05) is 0 Å². The molecule has 1 N–H and O–H groups in total. The lowest BCUT2D eigenvalue weighted by Gasteiger charge is -2.34. The number of nitrogens with one attached hydrogen (secondary N) is 1. The molecule has 8 heteroatoms. The van der Waals surface area contributed by atoms with Gasteiger partial charge in [0, 0.05) is 5.02 Å². The summed E-state index contributed by atoms with van der Waals surface area (Å²) in [6, 6.07) is 9.34. The van der Waals surface area contributed by atoms with Crippen LogP contribution in [0.2, 0.25) is 5.02 Å². The average molecular weight is 378 g/mol. The van der Waals surface area contributed by atoms with Gasteiger partial charge in [-0.15, -0.1) is 0 Å². The van der Waals surface area contributed by atoms with Crippen molar-refractivity contribution in [2.75, 3.05) is 6.61 Å². The smallest absolute Gasteiger partial charge is 0.408 e. The number of ether oxygens (including phenoxy) is 2. The second kappa shape index (κ2) is 8.55. The van der Waals surface area contributed by atoms with E-state index < -0.39 is 29.1 Å². The number of rotatable bonds is 5. The van der Waals surface area contributed by atoms with Gasteiger partial charge >= 0.3 is 12.1 Å². The van der Waals surface area contributed by atoms with Crippen molar-refractivity contribution in [1.29, 1.82) is 10.5 Å². The maximum Gasteiger partial charge on any atom is 0.408 e. The molecule has 0 aliphatic carbocycles. The second-order valence-corrected chi connectivity index (χ2v) is 6.79. The topological polar surface area (TPSA) is 112 Å². The van der Waals surface area contributed by atoms with Crippen molar-refractivity contribution in [2.24, 2.45) is 5.92 Å². The van der Waals surface area contributed by atoms with Gasteiger partial charge in [-0.05, 0) is 45.4 Å². The van der Waals surface area contributed by atoms with E-state index in [1.54, 1.807) is 39.8 Å². The van der Waals surface area contributed by atoms with Crippen LogP contribution in [0.5, 0.6) is 0 Å². The minimum absolute atomic E-state index is 0.00620. The molecule has 0 aliphatic heterocycles. The third-order valence-corrected chi connectivity index (χ3v) is 3.54. The molecule has 0 saturated heterocycles.